The molecule has 68 valence electrons. The van der Waals surface area contributed by atoms with Crippen molar-refractivity contribution in [3.63, 3.8) is 0 Å². The largest absolute Gasteiger partial charge is 0.331 e. The summed E-state index contributed by atoms with van der Waals surface area (Å²) < 4.78 is 0. The van der Waals surface area contributed by atoms with Gasteiger partial charge in [-0.15, -0.1) is 0 Å². The number of oxime groups is 1. The van der Waals surface area contributed by atoms with Crippen molar-refractivity contribution in [2.45, 2.75) is 33.6 Å². The van der Waals surface area contributed by atoms with E-state index in [1.165, 1.54) is 13.8 Å². The molecule has 0 fully saturated rings. The van der Waals surface area contributed by atoms with Gasteiger partial charge in [-0.3, -0.25) is 4.79 Å². The van der Waals surface area contributed by atoms with Crippen LogP contribution in [-0.2, 0) is 14.4 Å². The summed E-state index contributed by atoms with van der Waals surface area (Å²) in [6.07, 6.45) is 1.21. The van der Waals surface area contributed by atoms with E-state index in [0.717, 1.165) is 6.42 Å². The number of hydrogen-bond acceptors (Lipinski definition) is 4. The normalized spacial score (nSPS) is 11.1. The molecule has 0 unspecified atom stereocenters. The zero-order valence-electron chi connectivity index (χ0n) is 7.59. The van der Waals surface area contributed by atoms with Crippen molar-refractivity contribution < 1.29 is 14.4 Å². The van der Waals surface area contributed by atoms with E-state index < -0.39 is 5.97 Å². The van der Waals surface area contributed by atoms with Gasteiger partial charge in [0.1, 0.15) is 5.71 Å². The molecule has 0 heterocycles. The van der Waals surface area contributed by atoms with Crippen LogP contribution in [0, 0.1) is 0 Å². The second-order valence-electron chi connectivity index (χ2n) is 2.43. The van der Waals surface area contributed by atoms with Gasteiger partial charge in [-0.1, -0.05) is 12.1 Å². The smallest absolute Gasteiger partial charge is 0.318 e. The third kappa shape index (κ3) is 4.60. The van der Waals surface area contributed by atoms with Crippen molar-refractivity contribution in [2.75, 3.05) is 0 Å². The zero-order chi connectivity index (χ0) is 9.56. The molecule has 0 amide bonds. The zero-order valence-corrected chi connectivity index (χ0v) is 7.59. The van der Waals surface area contributed by atoms with Crippen LogP contribution in [0.2, 0.25) is 0 Å². The van der Waals surface area contributed by atoms with Crippen molar-refractivity contribution in [1.29, 1.82) is 0 Å². The lowest BCUT2D eigenvalue weighted by molar-refractivity contribution is -0.140. The minimum atomic E-state index is -0.515. The van der Waals surface area contributed by atoms with Crippen molar-refractivity contribution >= 4 is 17.5 Å². The van der Waals surface area contributed by atoms with Gasteiger partial charge in [-0.25, -0.2) is 4.79 Å². The molecular formula is C8H13NO3. The lowest BCUT2D eigenvalue weighted by Crippen LogP contribution is -2.10. The first kappa shape index (κ1) is 10.8. The Hall–Kier alpha value is -1.19. The van der Waals surface area contributed by atoms with Crippen LogP contribution < -0.4 is 0 Å². The monoisotopic (exact) mass is 171 g/mol. The lowest BCUT2D eigenvalue weighted by Gasteiger charge is -1.96. The predicted molar refractivity (Wildman–Crippen MR) is 44.8 cm³/mol. The Kier molecular flexibility index (Phi) is 4.92. The van der Waals surface area contributed by atoms with E-state index in [9.17, 15) is 9.59 Å². The highest BCUT2D eigenvalue weighted by molar-refractivity contribution is 6.38. The Morgan fingerprint density at radius 2 is 1.92 bits per heavy atom. The Balaban J connectivity index is 3.99. The number of nitrogens with zero attached hydrogens (tertiary/aromatic N) is 1. The SMILES string of the molecule is CCCC(=O)C(C)=NOC(C)=O. The minimum absolute atomic E-state index is 0.0845. The molecule has 0 aromatic heterocycles. The molecule has 4 nitrogen and oxygen atoms in total. The van der Waals surface area contributed by atoms with Gasteiger partial charge in [0.15, 0.2) is 5.78 Å². The van der Waals surface area contributed by atoms with E-state index in [1.54, 1.807) is 0 Å². The Bertz CT molecular complexity index is 208. The molecule has 0 aromatic rings. The molecule has 0 atom stereocenters. The number of hydrogen-bond donors (Lipinski definition) is 0. The fourth-order valence-electron chi connectivity index (χ4n) is 0.592. The summed E-state index contributed by atoms with van der Waals surface area (Å²) in [6.45, 7) is 4.67. The predicted octanol–water partition coefficient (Wildman–Crippen LogP) is 1.29. The van der Waals surface area contributed by atoms with Crippen LogP contribution in [0.15, 0.2) is 5.16 Å². The topological polar surface area (TPSA) is 55.7 Å². The van der Waals surface area contributed by atoms with Gasteiger partial charge in [0, 0.05) is 13.3 Å². The van der Waals surface area contributed by atoms with Gasteiger partial charge < -0.3 is 4.84 Å². The molecule has 0 aromatic carbocycles. The summed E-state index contributed by atoms with van der Waals surface area (Å²) in [5.74, 6) is -0.600. The fourth-order valence-corrected chi connectivity index (χ4v) is 0.592. The Labute approximate surface area is 71.6 Å². The van der Waals surface area contributed by atoms with E-state index in [4.69, 9.17) is 0 Å². The fraction of sp³-hybridized carbons (Fsp3) is 0.625. The first-order chi connectivity index (χ1) is 5.57. The van der Waals surface area contributed by atoms with E-state index in [-0.39, 0.29) is 11.5 Å². The van der Waals surface area contributed by atoms with E-state index in [2.05, 4.69) is 9.99 Å². The first-order valence-corrected chi connectivity index (χ1v) is 3.83. The molecule has 0 N–H and O–H groups in total. The van der Waals surface area contributed by atoms with Gasteiger partial charge in [-0.2, -0.15) is 0 Å². The second kappa shape index (κ2) is 5.46. The second-order valence-corrected chi connectivity index (χ2v) is 2.43. The molecule has 0 aliphatic heterocycles. The maximum Gasteiger partial charge on any atom is 0.331 e. The molecular weight excluding hydrogens is 158 g/mol. The van der Waals surface area contributed by atoms with Crippen molar-refractivity contribution in [3.8, 4) is 0 Å². The number of Topliss-reactive ketones (excluding diaryl/α,β-unsaturated/α-hetero) is 1. The third-order valence-corrected chi connectivity index (χ3v) is 1.19. The van der Waals surface area contributed by atoms with Crippen LogP contribution in [0.3, 0.4) is 0 Å². The highest BCUT2D eigenvalue weighted by Gasteiger charge is 2.05. The molecule has 0 rings (SSSR count). The highest BCUT2D eigenvalue weighted by atomic mass is 16.7. The van der Waals surface area contributed by atoms with E-state index in [0.29, 0.717) is 6.42 Å². The number of ketones is 1. The summed E-state index contributed by atoms with van der Waals surface area (Å²) >= 11 is 0. The summed E-state index contributed by atoms with van der Waals surface area (Å²) in [5.41, 5.74) is 0.243. The quantitative estimate of drug-likeness (QED) is 0.364. The van der Waals surface area contributed by atoms with Crippen molar-refractivity contribution in [1.82, 2.24) is 0 Å². The van der Waals surface area contributed by atoms with Crippen LogP contribution in [0.4, 0.5) is 0 Å². The van der Waals surface area contributed by atoms with Crippen LogP contribution in [0.1, 0.15) is 33.6 Å². The number of carbonyl (C=O) groups is 2. The number of carbonyl (C=O) groups excluding carboxylic acids is 2. The third-order valence-electron chi connectivity index (χ3n) is 1.19. The summed E-state index contributed by atoms with van der Waals surface area (Å²) in [5, 5.41) is 3.36. The highest BCUT2D eigenvalue weighted by Crippen LogP contribution is 1.93. The molecule has 12 heavy (non-hydrogen) atoms. The molecule has 0 bridgehead atoms. The number of rotatable bonds is 4. The van der Waals surface area contributed by atoms with Gasteiger partial charge in [0.05, 0.1) is 0 Å². The van der Waals surface area contributed by atoms with Crippen LogP contribution >= 0.6 is 0 Å². The molecule has 0 aliphatic carbocycles. The van der Waals surface area contributed by atoms with Crippen LogP contribution in [0.5, 0.6) is 0 Å². The molecule has 0 spiro atoms. The maximum absolute atomic E-state index is 11.0. The minimum Gasteiger partial charge on any atom is -0.318 e. The van der Waals surface area contributed by atoms with Crippen LogP contribution in [-0.4, -0.2) is 17.5 Å². The van der Waals surface area contributed by atoms with Gasteiger partial charge in [-0.05, 0) is 13.3 Å². The van der Waals surface area contributed by atoms with Crippen LogP contribution in [0.25, 0.3) is 0 Å². The molecule has 0 saturated carbocycles. The van der Waals surface area contributed by atoms with Crippen molar-refractivity contribution in [3.05, 3.63) is 0 Å². The molecule has 4 heteroatoms. The summed E-state index contributed by atoms with van der Waals surface area (Å²) in [6, 6.07) is 0. The van der Waals surface area contributed by atoms with Crippen molar-refractivity contribution in [2.24, 2.45) is 5.16 Å². The van der Waals surface area contributed by atoms with Gasteiger partial charge in [0.2, 0.25) is 0 Å². The molecule has 0 saturated heterocycles. The van der Waals surface area contributed by atoms with Gasteiger partial charge >= 0.3 is 5.97 Å². The van der Waals surface area contributed by atoms with Gasteiger partial charge in [0.25, 0.3) is 0 Å². The lowest BCUT2D eigenvalue weighted by atomic mass is 10.2. The van der Waals surface area contributed by atoms with E-state index >= 15 is 0 Å². The van der Waals surface area contributed by atoms with E-state index in [1.807, 2.05) is 6.92 Å². The standard InChI is InChI=1S/C8H13NO3/c1-4-5-8(11)6(2)9-12-7(3)10/h4-5H2,1-3H3. The molecule has 0 radical (unpaired) electrons. The summed E-state index contributed by atoms with van der Waals surface area (Å²) in [4.78, 5) is 25.6. The first-order valence-electron chi connectivity index (χ1n) is 3.83. The maximum atomic E-state index is 11.0. The average molecular weight is 171 g/mol. The summed E-state index contributed by atoms with van der Waals surface area (Å²) in [7, 11) is 0. The average Bonchev–Trinajstić information content (AvgIpc) is 2.00. The Morgan fingerprint density at radius 1 is 1.33 bits per heavy atom. The molecule has 0 aliphatic rings. The Morgan fingerprint density at radius 3 is 2.33 bits per heavy atom.